The van der Waals surface area contributed by atoms with Crippen LogP contribution in [0.4, 0.5) is 0 Å². The summed E-state index contributed by atoms with van der Waals surface area (Å²) >= 11 is 3.07. The Hall–Kier alpha value is -3.75. The fourth-order valence-corrected chi connectivity index (χ4v) is 5.44. The first-order chi connectivity index (χ1) is 17.6. The molecule has 8 heteroatoms. The average Bonchev–Trinajstić information content (AvgIpc) is 3.34. The standard InChI is InChI=1S/C28H23N3O3S2/c1-33-25-17-19(12-13-24(25)34-14-15-35-21-10-6-3-7-11-21)16-22-26(29)31-23(20-8-4-2-5-9-20)18-36-28(31)30-27(22)32/h2-13,16-18,29H,14-15H2,1H3/b22-16-,29-26?. The Kier molecular flexibility index (Phi) is 7.25. The molecule has 0 fully saturated rings. The number of nitrogens with one attached hydrogen (secondary N) is 1. The number of carbonyl (C=O) groups is 1. The van der Waals surface area contributed by atoms with Crippen molar-refractivity contribution >= 4 is 52.2 Å². The molecule has 36 heavy (non-hydrogen) atoms. The highest BCUT2D eigenvalue weighted by Gasteiger charge is 2.36. The van der Waals surface area contributed by atoms with Gasteiger partial charge in [-0.25, -0.2) is 0 Å². The van der Waals surface area contributed by atoms with Gasteiger partial charge in [0.1, 0.15) is 5.84 Å². The molecule has 0 saturated heterocycles. The fraction of sp³-hybridized carbons (Fsp3) is 0.107. The average molecular weight is 514 g/mol. The second-order valence-electron chi connectivity index (χ2n) is 7.85. The topological polar surface area (TPSA) is 75.0 Å². The summed E-state index contributed by atoms with van der Waals surface area (Å²) in [6.45, 7) is 0.526. The molecule has 0 bridgehead atoms. The Labute approximate surface area is 218 Å². The summed E-state index contributed by atoms with van der Waals surface area (Å²) in [6, 6.07) is 25.4. The lowest BCUT2D eigenvalue weighted by Crippen LogP contribution is -2.38. The molecule has 0 saturated carbocycles. The minimum atomic E-state index is -0.432. The minimum absolute atomic E-state index is 0.0994. The van der Waals surface area contributed by atoms with Gasteiger partial charge in [-0.15, -0.1) is 11.8 Å². The third kappa shape index (κ3) is 5.10. The van der Waals surface area contributed by atoms with Gasteiger partial charge in [-0.3, -0.25) is 15.1 Å². The van der Waals surface area contributed by atoms with Gasteiger partial charge in [0.2, 0.25) is 0 Å². The lowest BCUT2D eigenvalue weighted by molar-refractivity contribution is -0.114. The van der Waals surface area contributed by atoms with Crippen LogP contribution in [0.3, 0.4) is 0 Å². The zero-order valence-corrected chi connectivity index (χ0v) is 21.1. The highest BCUT2D eigenvalue weighted by Crippen LogP contribution is 2.37. The van der Waals surface area contributed by atoms with Crippen LogP contribution in [-0.2, 0) is 4.79 Å². The van der Waals surface area contributed by atoms with Gasteiger partial charge in [0.05, 0.1) is 25.0 Å². The van der Waals surface area contributed by atoms with Gasteiger partial charge in [0, 0.05) is 16.1 Å². The van der Waals surface area contributed by atoms with E-state index in [0.717, 1.165) is 22.6 Å². The first kappa shape index (κ1) is 24.0. The molecular formula is C28H23N3O3S2. The summed E-state index contributed by atoms with van der Waals surface area (Å²) in [4.78, 5) is 19.9. The molecule has 5 rings (SSSR count). The second-order valence-corrected chi connectivity index (χ2v) is 9.85. The maximum atomic E-state index is 12.8. The summed E-state index contributed by atoms with van der Waals surface area (Å²) in [5.41, 5.74) is 2.74. The van der Waals surface area contributed by atoms with Crippen molar-refractivity contribution in [2.75, 3.05) is 19.5 Å². The Bertz CT molecular complexity index is 1390. The Morgan fingerprint density at radius 1 is 1.03 bits per heavy atom. The maximum absolute atomic E-state index is 12.8. The largest absolute Gasteiger partial charge is 0.493 e. The Morgan fingerprint density at radius 2 is 1.78 bits per heavy atom. The zero-order valence-electron chi connectivity index (χ0n) is 19.5. The molecule has 1 N–H and O–H groups in total. The second kappa shape index (κ2) is 10.9. The predicted molar refractivity (Wildman–Crippen MR) is 148 cm³/mol. The Morgan fingerprint density at radius 3 is 2.53 bits per heavy atom. The number of methoxy groups -OCH3 is 1. The van der Waals surface area contributed by atoms with E-state index < -0.39 is 5.91 Å². The van der Waals surface area contributed by atoms with Gasteiger partial charge in [-0.05, 0) is 41.5 Å². The number of carbonyl (C=O) groups excluding carboxylic acids is 1. The zero-order chi connectivity index (χ0) is 24.9. The molecule has 0 spiro atoms. The van der Waals surface area contributed by atoms with Crippen molar-refractivity contribution in [3.05, 3.63) is 101 Å². The van der Waals surface area contributed by atoms with Crippen LogP contribution in [0.2, 0.25) is 0 Å². The van der Waals surface area contributed by atoms with Crippen molar-refractivity contribution in [1.29, 1.82) is 5.41 Å². The molecule has 0 unspecified atom stereocenters. The van der Waals surface area contributed by atoms with E-state index in [9.17, 15) is 4.79 Å². The van der Waals surface area contributed by atoms with Gasteiger partial charge in [-0.1, -0.05) is 66.4 Å². The lowest BCUT2D eigenvalue weighted by Gasteiger charge is -2.27. The van der Waals surface area contributed by atoms with Gasteiger partial charge < -0.3 is 9.47 Å². The van der Waals surface area contributed by atoms with Gasteiger partial charge in [0.15, 0.2) is 16.7 Å². The van der Waals surface area contributed by atoms with E-state index >= 15 is 0 Å². The van der Waals surface area contributed by atoms with E-state index in [0.29, 0.717) is 23.3 Å². The molecule has 3 aromatic rings. The highest BCUT2D eigenvalue weighted by atomic mass is 32.2. The predicted octanol–water partition coefficient (Wildman–Crippen LogP) is 6.17. The number of amidine groups is 2. The smallest absolute Gasteiger partial charge is 0.283 e. The molecule has 0 atom stereocenters. The molecule has 6 nitrogen and oxygen atoms in total. The number of amides is 1. The molecular weight excluding hydrogens is 490 g/mol. The first-order valence-electron chi connectivity index (χ1n) is 11.3. The molecule has 180 valence electrons. The van der Waals surface area contributed by atoms with Crippen LogP contribution >= 0.6 is 23.5 Å². The van der Waals surface area contributed by atoms with E-state index in [1.54, 1.807) is 35.9 Å². The molecule has 0 aromatic heterocycles. The summed E-state index contributed by atoms with van der Waals surface area (Å²) in [5, 5.41) is 11.2. The molecule has 2 aliphatic rings. The van der Waals surface area contributed by atoms with Crippen LogP contribution in [-0.4, -0.2) is 41.3 Å². The number of ether oxygens (including phenoxy) is 2. The minimum Gasteiger partial charge on any atom is -0.493 e. The van der Waals surface area contributed by atoms with Crippen LogP contribution in [0, 0.1) is 5.41 Å². The van der Waals surface area contributed by atoms with Crippen molar-refractivity contribution in [2.45, 2.75) is 4.90 Å². The number of nitrogens with zero attached hydrogens (tertiary/aromatic N) is 2. The van der Waals surface area contributed by atoms with Crippen LogP contribution in [0.15, 0.2) is 99.7 Å². The number of thioether (sulfide) groups is 2. The SMILES string of the molecule is COc1cc(/C=C2/C(=N)N3C(c4ccccc4)=CSC3=NC2=O)ccc1OCCSc1ccccc1. The van der Waals surface area contributed by atoms with Crippen molar-refractivity contribution in [1.82, 2.24) is 4.90 Å². The van der Waals surface area contributed by atoms with Gasteiger partial charge in [-0.2, -0.15) is 4.99 Å². The van der Waals surface area contributed by atoms with E-state index in [4.69, 9.17) is 14.9 Å². The molecule has 0 radical (unpaired) electrons. The first-order valence-corrected chi connectivity index (χ1v) is 13.2. The van der Waals surface area contributed by atoms with E-state index in [1.807, 2.05) is 66.1 Å². The summed E-state index contributed by atoms with van der Waals surface area (Å²) in [5.74, 6) is 1.66. The van der Waals surface area contributed by atoms with Crippen LogP contribution in [0.5, 0.6) is 11.5 Å². The summed E-state index contributed by atoms with van der Waals surface area (Å²) in [7, 11) is 1.58. The number of rotatable bonds is 8. The van der Waals surface area contributed by atoms with Gasteiger partial charge in [0.25, 0.3) is 5.91 Å². The third-order valence-corrected chi connectivity index (χ3v) is 7.34. The molecule has 2 heterocycles. The van der Waals surface area contributed by atoms with E-state index in [2.05, 4.69) is 17.1 Å². The van der Waals surface area contributed by atoms with Crippen LogP contribution in [0.25, 0.3) is 11.8 Å². The van der Waals surface area contributed by atoms with E-state index in [-0.39, 0.29) is 11.4 Å². The van der Waals surface area contributed by atoms with Gasteiger partial charge >= 0.3 is 0 Å². The quantitative estimate of drug-likeness (QED) is 0.221. The third-order valence-electron chi connectivity index (χ3n) is 5.54. The summed E-state index contributed by atoms with van der Waals surface area (Å²) < 4.78 is 11.5. The fourth-order valence-electron chi connectivity index (χ4n) is 3.80. The van der Waals surface area contributed by atoms with Crippen molar-refractivity contribution in [3.8, 4) is 11.5 Å². The van der Waals surface area contributed by atoms with Crippen molar-refractivity contribution < 1.29 is 14.3 Å². The van der Waals surface area contributed by atoms with Crippen molar-refractivity contribution in [2.24, 2.45) is 4.99 Å². The maximum Gasteiger partial charge on any atom is 0.283 e. The normalized spacial score (nSPS) is 16.0. The monoisotopic (exact) mass is 513 g/mol. The number of hydrogen-bond donors (Lipinski definition) is 1. The number of aliphatic imine (C=N–C) groups is 1. The number of benzene rings is 3. The molecule has 1 amide bonds. The van der Waals surface area contributed by atoms with Crippen LogP contribution in [0.1, 0.15) is 11.1 Å². The molecule has 2 aliphatic heterocycles. The Balaban J connectivity index is 1.32. The number of fused-ring (bicyclic) bond motifs is 1. The number of hydrogen-bond acceptors (Lipinski definition) is 6. The molecule has 0 aliphatic carbocycles. The summed E-state index contributed by atoms with van der Waals surface area (Å²) in [6.07, 6.45) is 1.67. The lowest BCUT2D eigenvalue weighted by atomic mass is 10.1. The highest BCUT2D eigenvalue weighted by molar-refractivity contribution is 8.17. The van der Waals surface area contributed by atoms with Crippen LogP contribution < -0.4 is 9.47 Å². The van der Waals surface area contributed by atoms with E-state index in [1.165, 1.54) is 16.7 Å². The molecule has 3 aromatic carbocycles. The van der Waals surface area contributed by atoms with Crippen molar-refractivity contribution in [3.63, 3.8) is 0 Å².